The maximum atomic E-state index is 11.4. The van der Waals surface area contributed by atoms with Crippen LogP contribution in [0.25, 0.3) is 0 Å². The Hall–Kier alpha value is -0.830. The molecule has 0 spiro atoms. The Morgan fingerprint density at radius 2 is 2.50 bits per heavy atom. The Morgan fingerprint density at radius 3 is 2.93 bits per heavy atom. The van der Waals surface area contributed by atoms with Crippen LogP contribution in [0.4, 0.5) is 0 Å². The number of carboxylic acid groups (broad SMARTS) is 1. The Morgan fingerprint density at radius 1 is 1.71 bits per heavy atom. The summed E-state index contributed by atoms with van der Waals surface area (Å²) < 4.78 is 0. The summed E-state index contributed by atoms with van der Waals surface area (Å²) in [6.07, 6.45) is 2.85. The molecule has 76 valence electrons. The van der Waals surface area contributed by atoms with Crippen LogP contribution >= 0.6 is 11.3 Å². The van der Waals surface area contributed by atoms with Gasteiger partial charge >= 0.3 is 5.97 Å². The minimum Gasteiger partial charge on any atom is -0.481 e. The van der Waals surface area contributed by atoms with Gasteiger partial charge in [0.25, 0.3) is 0 Å². The molecule has 2 rings (SSSR count). The van der Waals surface area contributed by atoms with E-state index in [2.05, 4.69) is 6.92 Å². The van der Waals surface area contributed by atoms with Gasteiger partial charge in [0.1, 0.15) is 0 Å². The monoisotopic (exact) mass is 210 g/mol. The standard InChI is InChI=1S/C11H14O2S/c1-8-3-2-5-11(8,10(12)13)9-4-6-14-7-9/h4,6-8H,2-3,5H2,1H3,(H,12,13). The molecular formula is C11H14O2S. The van der Waals surface area contributed by atoms with Crippen molar-refractivity contribution in [3.05, 3.63) is 22.4 Å². The van der Waals surface area contributed by atoms with Gasteiger partial charge in [-0.05, 0) is 41.1 Å². The first kappa shape index (κ1) is 9.71. The summed E-state index contributed by atoms with van der Waals surface area (Å²) in [4.78, 5) is 11.4. The number of carbonyl (C=O) groups is 1. The topological polar surface area (TPSA) is 37.3 Å². The van der Waals surface area contributed by atoms with Crippen LogP contribution in [0.5, 0.6) is 0 Å². The maximum Gasteiger partial charge on any atom is 0.314 e. The Bertz CT molecular complexity index is 331. The van der Waals surface area contributed by atoms with Crippen LogP contribution in [0.2, 0.25) is 0 Å². The quantitative estimate of drug-likeness (QED) is 0.815. The van der Waals surface area contributed by atoms with E-state index < -0.39 is 11.4 Å². The van der Waals surface area contributed by atoms with Crippen LogP contribution in [-0.4, -0.2) is 11.1 Å². The van der Waals surface area contributed by atoms with Gasteiger partial charge in [0.05, 0.1) is 5.41 Å². The zero-order valence-corrected chi connectivity index (χ0v) is 9.01. The number of aliphatic carboxylic acids is 1. The first-order chi connectivity index (χ1) is 6.68. The Kier molecular flexibility index (Phi) is 2.35. The smallest absolute Gasteiger partial charge is 0.314 e. The molecule has 1 aromatic heterocycles. The fraction of sp³-hybridized carbons (Fsp3) is 0.545. The predicted octanol–water partition coefficient (Wildman–Crippen LogP) is 2.89. The summed E-state index contributed by atoms with van der Waals surface area (Å²) in [5, 5.41) is 13.4. The van der Waals surface area contributed by atoms with Gasteiger partial charge in [-0.15, -0.1) is 0 Å². The lowest BCUT2D eigenvalue weighted by molar-refractivity contribution is -0.145. The van der Waals surface area contributed by atoms with Crippen molar-refractivity contribution in [1.29, 1.82) is 0 Å². The van der Waals surface area contributed by atoms with E-state index in [-0.39, 0.29) is 5.92 Å². The number of hydrogen-bond donors (Lipinski definition) is 1. The molecule has 14 heavy (non-hydrogen) atoms. The summed E-state index contributed by atoms with van der Waals surface area (Å²) in [5.74, 6) is -0.393. The highest BCUT2D eigenvalue weighted by Crippen LogP contribution is 2.46. The van der Waals surface area contributed by atoms with Crippen molar-refractivity contribution in [3.63, 3.8) is 0 Å². The van der Waals surface area contributed by atoms with Gasteiger partial charge in [0.2, 0.25) is 0 Å². The second kappa shape index (κ2) is 3.39. The fourth-order valence-corrected chi connectivity index (χ4v) is 3.31. The minimum absolute atomic E-state index is 0.259. The second-order valence-electron chi connectivity index (χ2n) is 4.08. The molecule has 0 saturated heterocycles. The molecule has 1 aliphatic rings. The molecule has 1 N–H and O–H groups in total. The minimum atomic E-state index is -0.652. The molecule has 2 atom stereocenters. The van der Waals surface area contributed by atoms with Crippen molar-refractivity contribution in [2.45, 2.75) is 31.6 Å². The third-order valence-electron chi connectivity index (χ3n) is 3.47. The van der Waals surface area contributed by atoms with E-state index >= 15 is 0 Å². The average molecular weight is 210 g/mol. The zero-order valence-electron chi connectivity index (χ0n) is 8.19. The van der Waals surface area contributed by atoms with Crippen LogP contribution in [0.3, 0.4) is 0 Å². The average Bonchev–Trinajstić information content (AvgIpc) is 2.72. The lowest BCUT2D eigenvalue weighted by atomic mass is 9.74. The third kappa shape index (κ3) is 1.19. The van der Waals surface area contributed by atoms with E-state index in [0.717, 1.165) is 24.8 Å². The van der Waals surface area contributed by atoms with Gasteiger partial charge in [-0.2, -0.15) is 11.3 Å². The largest absolute Gasteiger partial charge is 0.481 e. The van der Waals surface area contributed by atoms with E-state index in [1.54, 1.807) is 11.3 Å². The summed E-state index contributed by atoms with van der Waals surface area (Å²) in [6, 6.07) is 1.96. The molecule has 2 unspecified atom stereocenters. The second-order valence-corrected chi connectivity index (χ2v) is 4.86. The summed E-state index contributed by atoms with van der Waals surface area (Å²) >= 11 is 1.58. The molecule has 2 nitrogen and oxygen atoms in total. The number of hydrogen-bond acceptors (Lipinski definition) is 2. The molecule has 1 heterocycles. The van der Waals surface area contributed by atoms with Crippen LogP contribution in [0, 0.1) is 5.92 Å². The number of carboxylic acids is 1. The molecule has 1 aromatic rings. The van der Waals surface area contributed by atoms with Crippen LogP contribution in [-0.2, 0) is 10.2 Å². The van der Waals surface area contributed by atoms with E-state index in [1.165, 1.54) is 0 Å². The van der Waals surface area contributed by atoms with E-state index in [1.807, 2.05) is 16.8 Å². The third-order valence-corrected chi connectivity index (χ3v) is 4.15. The van der Waals surface area contributed by atoms with Crippen molar-refractivity contribution >= 4 is 17.3 Å². The molecule has 1 aliphatic carbocycles. The highest BCUT2D eigenvalue weighted by Gasteiger charge is 2.48. The lowest BCUT2D eigenvalue weighted by Crippen LogP contribution is -2.37. The summed E-state index contributed by atoms with van der Waals surface area (Å²) in [6.45, 7) is 2.05. The predicted molar refractivity (Wildman–Crippen MR) is 56.6 cm³/mol. The van der Waals surface area contributed by atoms with Gasteiger partial charge in [0.15, 0.2) is 0 Å². The molecule has 3 heteroatoms. The summed E-state index contributed by atoms with van der Waals surface area (Å²) in [7, 11) is 0. The lowest BCUT2D eigenvalue weighted by Gasteiger charge is -2.28. The highest BCUT2D eigenvalue weighted by molar-refractivity contribution is 7.08. The van der Waals surface area contributed by atoms with Crippen molar-refractivity contribution in [3.8, 4) is 0 Å². The van der Waals surface area contributed by atoms with E-state index in [9.17, 15) is 9.90 Å². The zero-order chi connectivity index (χ0) is 10.2. The molecule has 0 bridgehead atoms. The molecule has 0 amide bonds. The first-order valence-electron chi connectivity index (χ1n) is 4.94. The van der Waals surface area contributed by atoms with Gasteiger partial charge in [-0.1, -0.05) is 13.3 Å². The molecular weight excluding hydrogens is 196 g/mol. The van der Waals surface area contributed by atoms with Crippen molar-refractivity contribution < 1.29 is 9.90 Å². The molecule has 0 radical (unpaired) electrons. The first-order valence-corrected chi connectivity index (χ1v) is 5.88. The van der Waals surface area contributed by atoms with Crippen molar-refractivity contribution in [2.24, 2.45) is 5.92 Å². The maximum absolute atomic E-state index is 11.4. The van der Waals surface area contributed by atoms with Gasteiger partial charge in [-0.25, -0.2) is 0 Å². The molecule has 0 aromatic carbocycles. The number of thiophene rings is 1. The Labute approximate surface area is 87.6 Å². The van der Waals surface area contributed by atoms with Crippen LogP contribution < -0.4 is 0 Å². The normalized spacial score (nSPS) is 31.9. The fourth-order valence-electron chi connectivity index (χ4n) is 2.57. The van der Waals surface area contributed by atoms with Gasteiger partial charge < -0.3 is 5.11 Å². The van der Waals surface area contributed by atoms with Gasteiger partial charge in [0, 0.05) is 0 Å². The van der Waals surface area contributed by atoms with Crippen LogP contribution in [0.1, 0.15) is 31.7 Å². The summed E-state index contributed by atoms with van der Waals surface area (Å²) in [5.41, 5.74) is 0.403. The van der Waals surface area contributed by atoms with Crippen molar-refractivity contribution in [1.82, 2.24) is 0 Å². The Balaban J connectivity index is 2.46. The number of rotatable bonds is 2. The molecule has 1 saturated carbocycles. The highest BCUT2D eigenvalue weighted by atomic mass is 32.1. The van der Waals surface area contributed by atoms with E-state index in [4.69, 9.17) is 0 Å². The van der Waals surface area contributed by atoms with Crippen LogP contribution in [0.15, 0.2) is 16.8 Å². The molecule has 0 aliphatic heterocycles. The van der Waals surface area contributed by atoms with Crippen molar-refractivity contribution in [2.75, 3.05) is 0 Å². The van der Waals surface area contributed by atoms with E-state index in [0.29, 0.717) is 0 Å². The van der Waals surface area contributed by atoms with Gasteiger partial charge in [-0.3, -0.25) is 4.79 Å². The molecule has 1 fully saturated rings. The SMILES string of the molecule is CC1CCCC1(C(=O)O)c1ccsc1.